The second kappa shape index (κ2) is 11.9. The summed E-state index contributed by atoms with van der Waals surface area (Å²) < 4.78 is 8.27. The van der Waals surface area contributed by atoms with Crippen molar-refractivity contribution in [2.75, 3.05) is 34.3 Å². The molecule has 1 amide bonds. The van der Waals surface area contributed by atoms with Gasteiger partial charge >= 0.3 is 0 Å². The maximum absolute atomic E-state index is 12.2. The normalized spacial score (nSPS) is 10.8. The lowest BCUT2D eigenvalue weighted by Crippen LogP contribution is -2.42. The Balaban J connectivity index is 0.00000392. The second-order valence-corrected chi connectivity index (χ2v) is 6.99. The fourth-order valence-electron chi connectivity index (χ4n) is 2.64. The Morgan fingerprint density at radius 1 is 1.29 bits per heavy atom. The van der Waals surface area contributed by atoms with Crippen molar-refractivity contribution in [1.29, 1.82) is 0 Å². The fraction of sp³-hybridized carbons (Fsp3) is 0.368. The van der Waals surface area contributed by atoms with E-state index >= 15 is 0 Å². The van der Waals surface area contributed by atoms with Gasteiger partial charge in [0.2, 0.25) is 0 Å². The smallest absolute Gasteiger partial charge is 0.251 e. The Kier molecular flexibility index (Phi) is 10.4. The van der Waals surface area contributed by atoms with Crippen LogP contribution in [0.2, 0.25) is 0 Å². The van der Waals surface area contributed by atoms with E-state index in [0.717, 1.165) is 17.0 Å². The first-order chi connectivity index (χ1) is 12.9. The summed E-state index contributed by atoms with van der Waals surface area (Å²) in [5.41, 5.74) is 1.74. The number of nitrogens with zero attached hydrogens (tertiary/aromatic N) is 3. The molecule has 0 unspecified atom stereocenters. The van der Waals surface area contributed by atoms with Gasteiger partial charge in [-0.2, -0.15) is 0 Å². The first kappa shape index (κ1) is 24.3. The van der Waals surface area contributed by atoms with Gasteiger partial charge in [-0.05, 0) is 40.2 Å². The van der Waals surface area contributed by atoms with Gasteiger partial charge in [-0.15, -0.1) is 24.0 Å². The molecule has 154 valence electrons. The molecule has 0 atom stereocenters. The van der Waals surface area contributed by atoms with Crippen molar-refractivity contribution in [3.63, 3.8) is 0 Å². The largest absolute Gasteiger partial charge is 0.497 e. The number of rotatable bonds is 7. The zero-order chi connectivity index (χ0) is 19.8. The highest BCUT2D eigenvalue weighted by Crippen LogP contribution is 2.15. The number of amides is 1. The molecule has 0 aliphatic heterocycles. The van der Waals surface area contributed by atoms with Gasteiger partial charge in [0.05, 0.1) is 13.7 Å². The molecule has 2 N–H and O–H groups in total. The molecule has 0 aliphatic carbocycles. The van der Waals surface area contributed by atoms with E-state index in [1.807, 2.05) is 31.3 Å². The molecule has 0 aliphatic rings. The van der Waals surface area contributed by atoms with E-state index in [1.165, 1.54) is 5.69 Å². The number of aryl methyl sites for hydroxylation is 1. The summed E-state index contributed by atoms with van der Waals surface area (Å²) in [4.78, 5) is 18.5. The van der Waals surface area contributed by atoms with Gasteiger partial charge in [0.1, 0.15) is 5.75 Å². The third-order valence-corrected chi connectivity index (χ3v) is 4.51. The van der Waals surface area contributed by atoms with Crippen LogP contribution in [0, 0.1) is 0 Å². The lowest BCUT2D eigenvalue weighted by atomic mass is 10.2. The molecule has 7 nitrogen and oxygen atoms in total. The number of aromatic nitrogens is 1. The fourth-order valence-corrected chi connectivity index (χ4v) is 3.21. The molecule has 1 aromatic carbocycles. The SMILES string of the molecule is CN=C(NCCNC(=O)c1cccc(OC)c1)N(C)Cc1cc(Br)cn1C.I. The van der Waals surface area contributed by atoms with Crippen molar-refractivity contribution >= 4 is 51.8 Å². The highest BCUT2D eigenvalue weighted by molar-refractivity contribution is 14.0. The molecule has 28 heavy (non-hydrogen) atoms. The third-order valence-electron chi connectivity index (χ3n) is 4.07. The van der Waals surface area contributed by atoms with Gasteiger partial charge in [0, 0.05) is 56.2 Å². The summed E-state index contributed by atoms with van der Waals surface area (Å²) in [6, 6.07) is 9.16. The molecular weight excluding hydrogens is 537 g/mol. The average Bonchev–Trinajstić information content (AvgIpc) is 2.98. The number of methoxy groups -OCH3 is 1. The van der Waals surface area contributed by atoms with E-state index in [2.05, 4.69) is 42.2 Å². The van der Waals surface area contributed by atoms with E-state index in [9.17, 15) is 4.79 Å². The molecule has 1 heterocycles. The molecule has 0 bridgehead atoms. The topological polar surface area (TPSA) is 70.9 Å². The lowest BCUT2D eigenvalue weighted by Gasteiger charge is -2.22. The molecule has 0 saturated carbocycles. The quantitative estimate of drug-likeness (QED) is 0.235. The zero-order valence-electron chi connectivity index (χ0n) is 16.5. The lowest BCUT2D eigenvalue weighted by molar-refractivity contribution is 0.0954. The molecule has 2 aromatic rings. The number of carbonyl (C=O) groups excluding carboxylic acids is 1. The number of benzene rings is 1. The number of nitrogens with one attached hydrogen (secondary N) is 2. The molecule has 0 saturated heterocycles. The summed E-state index contributed by atoms with van der Waals surface area (Å²) >= 11 is 3.49. The van der Waals surface area contributed by atoms with Crippen LogP contribution in [0.25, 0.3) is 0 Å². The van der Waals surface area contributed by atoms with Gasteiger partial charge in [-0.3, -0.25) is 9.79 Å². The van der Waals surface area contributed by atoms with E-state index in [-0.39, 0.29) is 29.9 Å². The Hall–Kier alpha value is -1.75. The maximum Gasteiger partial charge on any atom is 0.251 e. The number of guanidine groups is 1. The van der Waals surface area contributed by atoms with Crippen LogP contribution >= 0.6 is 39.9 Å². The number of carbonyl (C=O) groups is 1. The maximum atomic E-state index is 12.2. The number of halogens is 2. The van der Waals surface area contributed by atoms with Crippen molar-refractivity contribution in [3.8, 4) is 5.75 Å². The molecule has 0 spiro atoms. The van der Waals surface area contributed by atoms with Crippen molar-refractivity contribution in [1.82, 2.24) is 20.1 Å². The van der Waals surface area contributed by atoms with Crippen LogP contribution in [0.4, 0.5) is 0 Å². The van der Waals surface area contributed by atoms with Crippen molar-refractivity contribution in [2.24, 2.45) is 12.0 Å². The Bertz CT molecular complexity index is 809. The van der Waals surface area contributed by atoms with E-state index in [1.54, 1.807) is 32.4 Å². The summed E-state index contributed by atoms with van der Waals surface area (Å²) in [6.45, 7) is 1.78. The standard InChI is InChI=1S/C19H26BrN5O2.HI/c1-21-19(25(3)13-16-11-15(20)12-24(16)2)23-9-8-22-18(26)14-6-5-7-17(10-14)27-4;/h5-7,10-12H,8-9,13H2,1-4H3,(H,21,23)(H,22,26);1H. The summed E-state index contributed by atoms with van der Waals surface area (Å²) in [5, 5.41) is 6.15. The van der Waals surface area contributed by atoms with Crippen molar-refractivity contribution < 1.29 is 9.53 Å². The van der Waals surface area contributed by atoms with Crippen LogP contribution in [0.1, 0.15) is 16.1 Å². The molecule has 9 heteroatoms. The van der Waals surface area contributed by atoms with E-state index in [0.29, 0.717) is 24.4 Å². The molecule has 0 fully saturated rings. The minimum atomic E-state index is -0.132. The van der Waals surface area contributed by atoms with Crippen LogP contribution in [-0.2, 0) is 13.6 Å². The first-order valence-electron chi connectivity index (χ1n) is 8.59. The molecule has 0 radical (unpaired) electrons. The predicted molar refractivity (Wildman–Crippen MR) is 127 cm³/mol. The Morgan fingerprint density at radius 2 is 2.00 bits per heavy atom. The predicted octanol–water partition coefficient (Wildman–Crippen LogP) is 2.85. The van der Waals surface area contributed by atoms with Crippen LogP contribution in [0.15, 0.2) is 46.0 Å². The zero-order valence-corrected chi connectivity index (χ0v) is 20.4. The summed E-state index contributed by atoms with van der Waals surface area (Å²) in [5.74, 6) is 1.30. The van der Waals surface area contributed by atoms with Crippen molar-refractivity contribution in [2.45, 2.75) is 6.54 Å². The monoisotopic (exact) mass is 563 g/mol. The Morgan fingerprint density at radius 3 is 2.61 bits per heavy atom. The summed E-state index contributed by atoms with van der Waals surface area (Å²) in [7, 11) is 7.31. The van der Waals surface area contributed by atoms with Crippen molar-refractivity contribution in [3.05, 3.63) is 52.3 Å². The van der Waals surface area contributed by atoms with Gasteiger partial charge in [0.25, 0.3) is 5.91 Å². The first-order valence-corrected chi connectivity index (χ1v) is 9.38. The third kappa shape index (κ3) is 7.01. The van der Waals surface area contributed by atoms with Crippen LogP contribution in [0.5, 0.6) is 5.75 Å². The highest BCUT2D eigenvalue weighted by Gasteiger charge is 2.10. The minimum Gasteiger partial charge on any atom is -0.497 e. The van der Waals surface area contributed by atoms with Crippen LogP contribution in [0.3, 0.4) is 0 Å². The van der Waals surface area contributed by atoms with E-state index < -0.39 is 0 Å². The number of hydrogen-bond acceptors (Lipinski definition) is 3. The Labute approximate surface area is 191 Å². The molecule has 2 rings (SSSR count). The molecule has 1 aromatic heterocycles. The number of hydrogen-bond donors (Lipinski definition) is 2. The second-order valence-electron chi connectivity index (χ2n) is 6.08. The number of aliphatic imine (C=N–C) groups is 1. The van der Waals surface area contributed by atoms with Gasteiger partial charge in [0.15, 0.2) is 5.96 Å². The van der Waals surface area contributed by atoms with Gasteiger partial charge in [-0.1, -0.05) is 6.07 Å². The average molecular weight is 564 g/mol. The van der Waals surface area contributed by atoms with E-state index in [4.69, 9.17) is 4.74 Å². The minimum absolute atomic E-state index is 0. The highest BCUT2D eigenvalue weighted by atomic mass is 127. The summed E-state index contributed by atoms with van der Waals surface area (Å²) in [6.07, 6.45) is 2.02. The van der Waals surface area contributed by atoms with Gasteiger partial charge in [-0.25, -0.2) is 0 Å². The van der Waals surface area contributed by atoms with Crippen LogP contribution < -0.4 is 15.4 Å². The number of ether oxygens (including phenoxy) is 1. The van der Waals surface area contributed by atoms with Gasteiger partial charge < -0.3 is 24.8 Å². The molecular formula is C19H27BrIN5O2. The van der Waals surface area contributed by atoms with Crippen LogP contribution in [-0.4, -0.2) is 55.6 Å².